The highest BCUT2D eigenvalue weighted by Crippen LogP contribution is 2.29. The summed E-state index contributed by atoms with van der Waals surface area (Å²) in [5.74, 6) is 5.14. The summed E-state index contributed by atoms with van der Waals surface area (Å²) in [6.07, 6.45) is -2.76. The number of aryl methyl sites for hydroxylation is 1. The Hall–Kier alpha value is -3.91. The number of ether oxygens (including phenoxy) is 1. The number of anilines is 2. The zero-order chi connectivity index (χ0) is 27.8. The van der Waals surface area contributed by atoms with Crippen LogP contribution in [0.3, 0.4) is 0 Å². The Balaban J connectivity index is 0.00000235. The molecule has 3 aromatic rings. The van der Waals surface area contributed by atoms with Crippen LogP contribution in [0.1, 0.15) is 66.7 Å². The Morgan fingerprint density at radius 1 is 1.00 bits per heavy atom. The number of hydrogen-bond acceptors (Lipinski definition) is 6. The zero-order valence-corrected chi connectivity index (χ0v) is 22.0. The van der Waals surface area contributed by atoms with Crippen molar-refractivity contribution in [2.24, 2.45) is 0 Å². The molecule has 0 atom stereocenters. The lowest BCUT2D eigenvalue weighted by atomic mass is 10.1. The van der Waals surface area contributed by atoms with Gasteiger partial charge in [-0.25, -0.2) is 9.78 Å². The standard InChI is InChI=1S/C24H21F3N4O3S.C2H6/c1-14-5-7-17(30-20(32)19-12-16(9-10-28-19)24(25,26)27)11-15(14)6-8-18-13-29-21(35-18)31-22(33)34-23(2,3)4;1-2/h5,7,9-13H,1-4H3,(H,30,32)(H,29,31,33);1-2H3. The number of halogens is 3. The third-order valence-corrected chi connectivity index (χ3v) is 5.08. The molecule has 2 amide bonds. The van der Waals surface area contributed by atoms with E-state index in [0.29, 0.717) is 27.3 Å². The number of thiazole rings is 1. The van der Waals surface area contributed by atoms with E-state index in [1.807, 2.05) is 20.8 Å². The first kappa shape index (κ1) is 29.3. The number of benzene rings is 1. The topological polar surface area (TPSA) is 93.2 Å². The van der Waals surface area contributed by atoms with Crippen LogP contribution < -0.4 is 10.6 Å². The van der Waals surface area contributed by atoms with Crippen molar-refractivity contribution in [3.63, 3.8) is 0 Å². The molecule has 0 spiro atoms. The Labute approximate surface area is 217 Å². The quantitative estimate of drug-likeness (QED) is 0.358. The first-order chi connectivity index (χ1) is 17.3. The van der Waals surface area contributed by atoms with Gasteiger partial charge in [0.05, 0.1) is 16.6 Å². The minimum absolute atomic E-state index is 0.329. The minimum Gasteiger partial charge on any atom is -0.444 e. The molecule has 0 aliphatic heterocycles. The summed E-state index contributed by atoms with van der Waals surface area (Å²) in [4.78, 5) is 32.7. The van der Waals surface area contributed by atoms with Crippen molar-refractivity contribution in [3.05, 3.63) is 70.0 Å². The molecule has 0 unspecified atom stereocenters. The van der Waals surface area contributed by atoms with Crippen molar-refractivity contribution in [1.29, 1.82) is 0 Å². The highest BCUT2D eigenvalue weighted by Gasteiger charge is 2.31. The maximum absolute atomic E-state index is 12.9. The molecule has 0 fully saturated rings. The van der Waals surface area contributed by atoms with Gasteiger partial charge in [0.2, 0.25) is 0 Å². The molecule has 2 aromatic heterocycles. The molecule has 0 aliphatic carbocycles. The van der Waals surface area contributed by atoms with Crippen LogP contribution in [0.5, 0.6) is 0 Å². The molecule has 0 saturated carbocycles. The van der Waals surface area contributed by atoms with E-state index < -0.39 is 29.3 Å². The van der Waals surface area contributed by atoms with E-state index in [2.05, 4.69) is 32.4 Å². The third kappa shape index (κ3) is 9.24. The number of aromatic nitrogens is 2. The summed E-state index contributed by atoms with van der Waals surface area (Å²) in [6.45, 7) is 11.1. The largest absolute Gasteiger partial charge is 0.444 e. The van der Waals surface area contributed by atoms with Gasteiger partial charge >= 0.3 is 12.3 Å². The Morgan fingerprint density at radius 2 is 1.70 bits per heavy atom. The summed E-state index contributed by atoms with van der Waals surface area (Å²) < 4.78 is 43.9. The summed E-state index contributed by atoms with van der Waals surface area (Å²) >= 11 is 1.16. The SMILES string of the molecule is CC.Cc1ccc(NC(=O)c2cc(C(F)(F)F)ccn2)cc1C#Cc1cnc(NC(=O)OC(C)(C)C)s1. The summed E-state index contributed by atoms with van der Waals surface area (Å²) in [5, 5.41) is 5.41. The summed E-state index contributed by atoms with van der Waals surface area (Å²) in [5.41, 5.74) is -0.195. The van der Waals surface area contributed by atoms with E-state index >= 15 is 0 Å². The first-order valence-corrected chi connectivity index (χ1v) is 12.0. The van der Waals surface area contributed by atoms with Crippen LogP contribution in [0.4, 0.5) is 28.8 Å². The molecule has 3 rings (SSSR count). The highest BCUT2D eigenvalue weighted by atomic mass is 32.1. The molecule has 0 radical (unpaired) electrons. The van der Waals surface area contributed by atoms with Crippen LogP contribution in [0.15, 0.2) is 42.7 Å². The monoisotopic (exact) mass is 532 g/mol. The third-order valence-electron chi connectivity index (χ3n) is 4.25. The van der Waals surface area contributed by atoms with Crippen molar-refractivity contribution >= 4 is 34.2 Å². The number of nitrogens with one attached hydrogen (secondary N) is 2. The van der Waals surface area contributed by atoms with Crippen molar-refractivity contribution in [2.75, 3.05) is 10.6 Å². The lowest BCUT2D eigenvalue weighted by Crippen LogP contribution is -2.27. The van der Waals surface area contributed by atoms with Gasteiger partial charge in [-0.05, 0) is 63.4 Å². The second-order valence-electron chi connectivity index (χ2n) is 8.32. The molecule has 2 N–H and O–H groups in total. The van der Waals surface area contributed by atoms with Crippen molar-refractivity contribution in [3.8, 4) is 11.8 Å². The summed E-state index contributed by atoms with van der Waals surface area (Å²) in [6, 6.07) is 6.43. The van der Waals surface area contributed by atoms with E-state index in [1.165, 1.54) is 6.20 Å². The maximum atomic E-state index is 12.9. The highest BCUT2D eigenvalue weighted by molar-refractivity contribution is 7.16. The molecule has 2 heterocycles. The second kappa shape index (κ2) is 12.4. The number of nitrogens with zero attached hydrogens (tertiary/aromatic N) is 2. The van der Waals surface area contributed by atoms with E-state index in [9.17, 15) is 22.8 Å². The predicted octanol–water partition coefficient (Wildman–Crippen LogP) is 6.89. The molecule has 37 heavy (non-hydrogen) atoms. The molecule has 0 saturated heterocycles. The number of alkyl halides is 3. The molecule has 0 aliphatic rings. The van der Waals surface area contributed by atoms with Gasteiger partial charge in [0, 0.05) is 17.4 Å². The Morgan fingerprint density at radius 3 is 2.35 bits per heavy atom. The van der Waals surface area contributed by atoms with Gasteiger partial charge in [-0.15, -0.1) is 0 Å². The Kier molecular flexibility index (Phi) is 9.80. The second-order valence-corrected chi connectivity index (χ2v) is 9.35. The van der Waals surface area contributed by atoms with Gasteiger partial charge in [-0.1, -0.05) is 37.2 Å². The van der Waals surface area contributed by atoms with Crippen LogP contribution in [-0.2, 0) is 10.9 Å². The molecule has 11 heteroatoms. The number of hydrogen-bond donors (Lipinski definition) is 2. The normalized spacial score (nSPS) is 10.8. The number of carbonyl (C=O) groups excluding carboxylic acids is 2. The van der Waals surface area contributed by atoms with Gasteiger partial charge < -0.3 is 10.1 Å². The molecule has 196 valence electrons. The molecular weight excluding hydrogens is 505 g/mol. The smallest absolute Gasteiger partial charge is 0.416 e. The fraction of sp³-hybridized carbons (Fsp3) is 0.308. The fourth-order valence-corrected chi connectivity index (χ4v) is 3.33. The maximum Gasteiger partial charge on any atom is 0.416 e. The average molecular weight is 533 g/mol. The summed E-state index contributed by atoms with van der Waals surface area (Å²) in [7, 11) is 0. The van der Waals surface area contributed by atoms with Gasteiger partial charge in [0.25, 0.3) is 5.91 Å². The Bertz CT molecular complexity index is 1320. The van der Waals surface area contributed by atoms with Gasteiger partial charge in [-0.3, -0.25) is 15.1 Å². The van der Waals surface area contributed by atoms with Crippen molar-refractivity contribution in [1.82, 2.24) is 9.97 Å². The number of pyridine rings is 1. The van der Waals surface area contributed by atoms with Crippen molar-refractivity contribution in [2.45, 2.75) is 53.3 Å². The van der Waals surface area contributed by atoms with Gasteiger partial charge in [-0.2, -0.15) is 13.2 Å². The lowest BCUT2D eigenvalue weighted by Gasteiger charge is -2.18. The lowest BCUT2D eigenvalue weighted by molar-refractivity contribution is -0.137. The molecular formula is C26H27F3N4O3S. The molecule has 1 aromatic carbocycles. The van der Waals surface area contributed by atoms with Gasteiger partial charge in [0.1, 0.15) is 11.3 Å². The zero-order valence-electron chi connectivity index (χ0n) is 21.2. The fourth-order valence-electron chi connectivity index (χ4n) is 2.67. The van der Waals surface area contributed by atoms with E-state index in [0.717, 1.165) is 29.2 Å². The van der Waals surface area contributed by atoms with E-state index in [4.69, 9.17) is 4.74 Å². The van der Waals surface area contributed by atoms with Crippen LogP contribution in [-0.4, -0.2) is 27.6 Å². The van der Waals surface area contributed by atoms with Crippen LogP contribution in [0, 0.1) is 18.8 Å². The van der Waals surface area contributed by atoms with E-state index in [-0.39, 0.29) is 5.69 Å². The first-order valence-electron chi connectivity index (χ1n) is 11.2. The van der Waals surface area contributed by atoms with Crippen LogP contribution in [0.2, 0.25) is 0 Å². The molecule has 0 bridgehead atoms. The molecule has 7 nitrogen and oxygen atoms in total. The number of amides is 2. The van der Waals surface area contributed by atoms with Crippen LogP contribution in [0.25, 0.3) is 0 Å². The van der Waals surface area contributed by atoms with Gasteiger partial charge in [0.15, 0.2) is 5.13 Å². The number of rotatable bonds is 3. The predicted molar refractivity (Wildman–Crippen MR) is 138 cm³/mol. The minimum atomic E-state index is -4.58. The average Bonchev–Trinajstić information content (AvgIpc) is 3.26. The van der Waals surface area contributed by atoms with Crippen LogP contribution >= 0.6 is 11.3 Å². The number of carbonyl (C=O) groups is 2. The van der Waals surface area contributed by atoms with E-state index in [1.54, 1.807) is 39.0 Å². The van der Waals surface area contributed by atoms with Crippen molar-refractivity contribution < 1.29 is 27.5 Å².